The van der Waals surface area contributed by atoms with Gasteiger partial charge in [0.15, 0.2) is 0 Å². The molecule has 2 aromatic carbocycles. The highest BCUT2D eigenvalue weighted by molar-refractivity contribution is 9.11. The van der Waals surface area contributed by atoms with Gasteiger partial charge in [-0.2, -0.15) is 0 Å². The minimum Gasteiger partial charge on any atom is -0.475 e. The molecule has 0 saturated heterocycles. The lowest BCUT2D eigenvalue weighted by Gasteiger charge is -2.04. The fourth-order valence-corrected chi connectivity index (χ4v) is 3.54. The molecular formula is C16H13Br2NO. The standard InChI is InChI=1S/C16H13Br2NO/c17-13-7-12(8-14(18)9-13)16-19-15(10-20-16)6-11-4-2-1-3-5-11/h1-5,7-9,15H,6,10H2/t15-/m0/s1. The summed E-state index contributed by atoms with van der Waals surface area (Å²) in [5.41, 5.74) is 2.29. The molecule has 0 unspecified atom stereocenters. The summed E-state index contributed by atoms with van der Waals surface area (Å²) in [5.74, 6) is 0.730. The highest BCUT2D eigenvalue weighted by Gasteiger charge is 2.20. The van der Waals surface area contributed by atoms with Crippen LogP contribution in [-0.4, -0.2) is 18.5 Å². The summed E-state index contributed by atoms with van der Waals surface area (Å²) < 4.78 is 7.77. The lowest BCUT2D eigenvalue weighted by Crippen LogP contribution is -2.09. The van der Waals surface area contributed by atoms with Crippen molar-refractivity contribution in [1.29, 1.82) is 0 Å². The monoisotopic (exact) mass is 393 g/mol. The Morgan fingerprint density at radius 2 is 1.75 bits per heavy atom. The second kappa shape index (κ2) is 6.10. The topological polar surface area (TPSA) is 21.6 Å². The maximum absolute atomic E-state index is 5.74. The predicted octanol–water partition coefficient (Wildman–Crippen LogP) is 4.60. The first-order valence-electron chi connectivity index (χ1n) is 6.42. The van der Waals surface area contributed by atoms with Gasteiger partial charge in [0.1, 0.15) is 6.61 Å². The fraction of sp³-hybridized carbons (Fsp3) is 0.188. The maximum atomic E-state index is 5.74. The van der Waals surface area contributed by atoms with Crippen LogP contribution in [0.15, 0.2) is 62.5 Å². The van der Waals surface area contributed by atoms with Crippen molar-refractivity contribution >= 4 is 37.8 Å². The minimum absolute atomic E-state index is 0.199. The van der Waals surface area contributed by atoms with Gasteiger partial charge in [-0.1, -0.05) is 62.2 Å². The van der Waals surface area contributed by atoms with Gasteiger partial charge in [-0.15, -0.1) is 0 Å². The second-order valence-corrected chi connectivity index (χ2v) is 6.58. The number of rotatable bonds is 3. The van der Waals surface area contributed by atoms with E-state index in [9.17, 15) is 0 Å². The van der Waals surface area contributed by atoms with E-state index in [1.807, 2.05) is 24.3 Å². The third-order valence-electron chi connectivity index (χ3n) is 3.14. The predicted molar refractivity (Wildman–Crippen MR) is 88.3 cm³/mol. The molecule has 2 aromatic rings. The molecule has 0 bridgehead atoms. The second-order valence-electron chi connectivity index (χ2n) is 4.75. The Balaban J connectivity index is 1.77. The van der Waals surface area contributed by atoms with Gasteiger partial charge in [-0.3, -0.25) is 0 Å². The molecule has 3 rings (SSSR count). The Kier molecular flexibility index (Phi) is 4.22. The quantitative estimate of drug-likeness (QED) is 0.745. The number of aliphatic imine (C=N–C) groups is 1. The van der Waals surface area contributed by atoms with Crippen LogP contribution in [0.25, 0.3) is 0 Å². The fourth-order valence-electron chi connectivity index (χ4n) is 2.24. The van der Waals surface area contributed by atoms with E-state index < -0.39 is 0 Å². The van der Waals surface area contributed by atoms with Gasteiger partial charge in [-0.05, 0) is 30.2 Å². The van der Waals surface area contributed by atoms with Crippen LogP contribution in [0.4, 0.5) is 0 Å². The number of ether oxygens (including phenoxy) is 1. The summed E-state index contributed by atoms with van der Waals surface area (Å²) >= 11 is 6.98. The average molecular weight is 395 g/mol. The SMILES string of the molecule is Brc1cc(Br)cc(C2=N[C@@H](Cc3ccccc3)CO2)c1. The van der Waals surface area contributed by atoms with E-state index in [0.29, 0.717) is 6.61 Å². The third kappa shape index (κ3) is 3.30. The summed E-state index contributed by atoms with van der Waals surface area (Å²) in [7, 11) is 0. The molecule has 0 amide bonds. The average Bonchev–Trinajstić information content (AvgIpc) is 2.87. The Morgan fingerprint density at radius 1 is 1.05 bits per heavy atom. The molecule has 0 aliphatic carbocycles. The van der Waals surface area contributed by atoms with E-state index in [4.69, 9.17) is 4.74 Å². The molecule has 20 heavy (non-hydrogen) atoms. The molecule has 0 aromatic heterocycles. The number of hydrogen-bond donors (Lipinski definition) is 0. The van der Waals surface area contributed by atoms with Gasteiger partial charge in [0.2, 0.25) is 5.90 Å². The summed E-state index contributed by atoms with van der Waals surface area (Å²) in [5, 5.41) is 0. The summed E-state index contributed by atoms with van der Waals surface area (Å²) in [4.78, 5) is 4.69. The van der Waals surface area contributed by atoms with E-state index >= 15 is 0 Å². The van der Waals surface area contributed by atoms with Crippen molar-refractivity contribution in [2.45, 2.75) is 12.5 Å². The molecule has 2 nitrogen and oxygen atoms in total. The molecule has 0 N–H and O–H groups in total. The molecule has 4 heteroatoms. The summed E-state index contributed by atoms with van der Waals surface area (Å²) in [6.45, 7) is 0.647. The first-order valence-corrected chi connectivity index (χ1v) is 8.00. The normalized spacial score (nSPS) is 17.7. The van der Waals surface area contributed by atoms with Crippen LogP contribution >= 0.6 is 31.9 Å². The molecule has 1 aliphatic rings. The van der Waals surface area contributed by atoms with Gasteiger partial charge in [0.25, 0.3) is 0 Å². The Morgan fingerprint density at radius 3 is 2.45 bits per heavy atom. The highest BCUT2D eigenvalue weighted by Crippen LogP contribution is 2.23. The number of benzene rings is 2. The van der Waals surface area contributed by atoms with E-state index in [-0.39, 0.29) is 6.04 Å². The molecule has 0 fully saturated rings. The first kappa shape index (κ1) is 13.8. The molecule has 0 saturated carbocycles. The van der Waals surface area contributed by atoms with Crippen molar-refractivity contribution in [3.05, 3.63) is 68.6 Å². The van der Waals surface area contributed by atoms with E-state index in [2.05, 4.69) is 61.1 Å². The molecule has 1 heterocycles. The summed E-state index contributed by atoms with van der Waals surface area (Å²) in [6.07, 6.45) is 0.916. The zero-order valence-corrected chi connectivity index (χ0v) is 13.9. The van der Waals surface area contributed by atoms with Crippen LogP contribution in [0.1, 0.15) is 11.1 Å². The number of nitrogens with zero attached hydrogens (tertiary/aromatic N) is 1. The van der Waals surface area contributed by atoms with Crippen LogP contribution in [0.2, 0.25) is 0 Å². The Hall–Kier alpha value is -1.13. The van der Waals surface area contributed by atoms with Gasteiger partial charge in [0.05, 0.1) is 6.04 Å². The van der Waals surface area contributed by atoms with Crippen molar-refractivity contribution in [3.8, 4) is 0 Å². The van der Waals surface area contributed by atoms with Crippen LogP contribution in [-0.2, 0) is 11.2 Å². The van der Waals surface area contributed by atoms with E-state index in [1.54, 1.807) is 0 Å². The number of halogens is 2. The van der Waals surface area contributed by atoms with Crippen molar-refractivity contribution in [2.24, 2.45) is 4.99 Å². The van der Waals surface area contributed by atoms with Crippen molar-refractivity contribution < 1.29 is 4.74 Å². The lowest BCUT2D eigenvalue weighted by molar-refractivity contribution is 0.317. The van der Waals surface area contributed by atoms with E-state index in [1.165, 1.54) is 5.56 Å². The van der Waals surface area contributed by atoms with Crippen LogP contribution < -0.4 is 0 Å². The number of hydrogen-bond acceptors (Lipinski definition) is 2. The maximum Gasteiger partial charge on any atom is 0.216 e. The molecule has 0 radical (unpaired) electrons. The lowest BCUT2D eigenvalue weighted by atomic mass is 10.1. The summed E-state index contributed by atoms with van der Waals surface area (Å²) in [6, 6.07) is 16.6. The molecular weight excluding hydrogens is 382 g/mol. The zero-order chi connectivity index (χ0) is 13.9. The molecule has 1 aliphatic heterocycles. The zero-order valence-electron chi connectivity index (χ0n) is 10.7. The van der Waals surface area contributed by atoms with Crippen LogP contribution in [0, 0.1) is 0 Å². The smallest absolute Gasteiger partial charge is 0.216 e. The third-order valence-corrected chi connectivity index (χ3v) is 4.05. The minimum atomic E-state index is 0.199. The molecule has 1 atom stereocenters. The Labute approximate surface area is 135 Å². The van der Waals surface area contributed by atoms with Gasteiger partial charge >= 0.3 is 0 Å². The highest BCUT2D eigenvalue weighted by atomic mass is 79.9. The van der Waals surface area contributed by atoms with Crippen LogP contribution in [0.5, 0.6) is 0 Å². The first-order chi connectivity index (χ1) is 9.70. The van der Waals surface area contributed by atoms with E-state index in [0.717, 1.165) is 26.8 Å². The van der Waals surface area contributed by atoms with Gasteiger partial charge < -0.3 is 4.74 Å². The van der Waals surface area contributed by atoms with Gasteiger partial charge in [-0.25, -0.2) is 4.99 Å². The van der Waals surface area contributed by atoms with Crippen LogP contribution in [0.3, 0.4) is 0 Å². The van der Waals surface area contributed by atoms with Crippen molar-refractivity contribution in [1.82, 2.24) is 0 Å². The van der Waals surface area contributed by atoms with Crippen molar-refractivity contribution in [3.63, 3.8) is 0 Å². The Bertz CT molecular complexity index is 620. The molecule has 102 valence electrons. The van der Waals surface area contributed by atoms with Gasteiger partial charge in [0, 0.05) is 14.5 Å². The largest absolute Gasteiger partial charge is 0.475 e. The molecule has 0 spiro atoms. The van der Waals surface area contributed by atoms with Crippen molar-refractivity contribution in [2.75, 3.05) is 6.61 Å².